The van der Waals surface area contributed by atoms with Crippen molar-refractivity contribution < 1.29 is 4.79 Å². The lowest BCUT2D eigenvalue weighted by Crippen LogP contribution is -2.25. The number of amides is 1. The van der Waals surface area contributed by atoms with Crippen LogP contribution in [0.3, 0.4) is 0 Å². The number of pyridine rings is 1. The van der Waals surface area contributed by atoms with E-state index >= 15 is 0 Å². The number of nitrogens with zero attached hydrogens (tertiary/aromatic N) is 3. The zero-order chi connectivity index (χ0) is 20.4. The van der Waals surface area contributed by atoms with E-state index in [1.54, 1.807) is 24.5 Å². The van der Waals surface area contributed by atoms with Crippen molar-refractivity contribution in [2.45, 2.75) is 33.9 Å². The van der Waals surface area contributed by atoms with Crippen LogP contribution in [0.25, 0.3) is 11.0 Å². The largest absolute Gasteiger partial charge is 0.345 e. The molecular formula is C24H24N4O. The van der Waals surface area contributed by atoms with Crippen molar-refractivity contribution in [3.8, 4) is 0 Å². The molecular weight excluding hydrogens is 360 g/mol. The molecule has 0 aliphatic carbocycles. The summed E-state index contributed by atoms with van der Waals surface area (Å²) >= 11 is 0. The quantitative estimate of drug-likeness (QED) is 0.557. The Hall–Kier alpha value is -3.47. The van der Waals surface area contributed by atoms with E-state index in [1.807, 2.05) is 18.2 Å². The molecule has 0 fully saturated rings. The van der Waals surface area contributed by atoms with Crippen LogP contribution in [0.15, 0.2) is 60.9 Å². The highest BCUT2D eigenvalue weighted by atomic mass is 16.1. The molecule has 0 saturated heterocycles. The van der Waals surface area contributed by atoms with Gasteiger partial charge in [0.05, 0.1) is 17.6 Å². The van der Waals surface area contributed by atoms with Gasteiger partial charge in [-0.25, -0.2) is 4.98 Å². The van der Waals surface area contributed by atoms with E-state index in [-0.39, 0.29) is 5.91 Å². The summed E-state index contributed by atoms with van der Waals surface area (Å²) in [5.74, 6) is 0.710. The van der Waals surface area contributed by atoms with Gasteiger partial charge in [-0.2, -0.15) is 0 Å². The lowest BCUT2D eigenvalue weighted by Gasteiger charge is -2.15. The number of carbonyl (C=O) groups is 1. The Morgan fingerprint density at radius 3 is 2.41 bits per heavy atom. The molecule has 0 saturated carbocycles. The number of aromatic nitrogens is 3. The van der Waals surface area contributed by atoms with Gasteiger partial charge >= 0.3 is 0 Å². The second-order valence-electron chi connectivity index (χ2n) is 7.40. The first-order valence-electron chi connectivity index (χ1n) is 9.72. The second kappa shape index (κ2) is 7.87. The summed E-state index contributed by atoms with van der Waals surface area (Å²) in [5, 5.41) is 2.99. The topological polar surface area (TPSA) is 59.8 Å². The monoisotopic (exact) mass is 384 g/mol. The van der Waals surface area contributed by atoms with Crippen LogP contribution in [0, 0.1) is 20.8 Å². The van der Waals surface area contributed by atoms with E-state index in [2.05, 4.69) is 53.8 Å². The summed E-state index contributed by atoms with van der Waals surface area (Å²) in [6, 6.07) is 15.9. The molecule has 5 nitrogen and oxygen atoms in total. The van der Waals surface area contributed by atoms with Gasteiger partial charge in [0.1, 0.15) is 5.82 Å². The molecule has 1 N–H and O–H groups in total. The maximum absolute atomic E-state index is 12.5. The van der Waals surface area contributed by atoms with Gasteiger partial charge in [0.25, 0.3) is 5.91 Å². The first kappa shape index (κ1) is 18.9. The Bertz CT molecular complexity index is 1160. The zero-order valence-corrected chi connectivity index (χ0v) is 16.9. The third kappa shape index (κ3) is 3.90. The number of benzene rings is 2. The van der Waals surface area contributed by atoms with Crippen molar-refractivity contribution in [2.75, 3.05) is 0 Å². The molecule has 4 rings (SSSR count). The molecule has 2 aromatic heterocycles. The van der Waals surface area contributed by atoms with Crippen molar-refractivity contribution in [3.63, 3.8) is 0 Å². The van der Waals surface area contributed by atoms with Crippen LogP contribution in [-0.4, -0.2) is 20.4 Å². The predicted octanol–water partition coefficient (Wildman–Crippen LogP) is 4.33. The molecule has 5 heteroatoms. The fourth-order valence-electron chi connectivity index (χ4n) is 3.82. The van der Waals surface area contributed by atoms with Crippen LogP contribution in [0.2, 0.25) is 0 Å². The number of hydrogen-bond donors (Lipinski definition) is 1. The molecule has 1 amide bonds. The van der Waals surface area contributed by atoms with Gasteiger partial charge in [-0.3, -0.25) is 9.78 Å². The number of para-hydroxylation sites is 2. The molecule has 0 aliphatic rings. The lowest BCUT2D eigenvalue weighted by molar-refractivity contribution is 0.0949. The highest BCUT2D eigenvalue weighted by molar-refractivity contribution is 5.93. The number of nitrogens with one attached hydrogen (secondary N) is 1. The van der Waals surface area contributed by atoms with Gasteiger partial charge in [0.15, 0.2) is 0 Å². The number of aryl methyl sites for hydroxylation is 3. The van der Waals surface area contributed by atoms with Crippen molar-refractivity contribution in [1.29, 1.82) is 0 Å². The van der Waals surface area contributed by atoms with Gasteiger partial charge in [0, 0.05) is 24.5 Å². The van der Waals surface area contributed by atoms with E-state index in [9.17, 15) is 4.79 Å². The second-order valence-corrected chi connectivity index (χ2v) is 7.40. The molecule has 0 atom stereocenters. The number of fused-ring (bicyclic) bond motifs is 1. The van der Waals surface area contributed by atoms with Crippen LogP contribution in [0.4, 0.5) is 0 Å². The molecule has 0 radical (unpaired) electrons. The number of imidazole rings is 1. The van der Waals surface area contributed by atoms with E-state index < -0.39 is 0 Å². The molecule has 0 spiro atoms. The minimum Gasteiger partial charge on any atom is -0.345 e. The number of hydrogen-bond acceptors (Lipinski definition) is 3. The minimum absolute atomic E-state index is 0.131. The molecule has 29 heavy (non-hydrogen) atoms. The Labute approximate surface area is 170 Å². The fraction of sp³-hybridized carbons (Fsp3) is 0.208. The summed E-state index contributed by atoms with van der Waals surface area (Å²) < 4.78 is 2.20. The van der Waals surface area contributed by atoms with Crippen LogP contribution >= 0.6 is 0 Å². The first-order chi connectivity index (χ1) is 14.0. The highest BCUT2D eigenvalue weighted by Gasteiger charge is 2.14. The lowest BCUT2D eigenvalue weighted by atomic mass is 9.99. The third-order valence-corrected chi connectivity index (χ3v) is 5.24. The average molecular weight is 384 g/mol. The van der Waals surface area contributed by atoms with Gasteiger partial charge < -0.3 is 9.88 Å². The number of rotatable bonds is 5. The minimum atomic E-state index is -0.131. The van der Waals surface area contributed by atoms with E-state index in [1.165, 1.54) is 22.3 Å². The van der Waals surface area contributed by atoms with Crippen molar-refractivity contribution >= 4 is 16.9 Å². The Kier molecular flexibility index (Phi) is 5.12. The normalized spacial score (nSPS) is 11.0. The van der Waals surface area contributed by atoms with Gasteiger partial charge in [-0.15, -0.1) is 0 Å². The summed E-state index contributed by atoms with van der Waals surface area (Å²) in [6.45, 7) is 7.51. The molecule has 0 bridgehead atoms. The van der Waals surface area contributed by atoms with Crippen LogP contribution in [-0.2, 0) is 13.1 Å². The molecule has 4 aromatic rings. The van der Waals surface area contributed by atoms with Crippen molar-refractivity contribution in [2.24, 2.45) is 0 Å². The van der Waals surface area contributed by atoms with E-state index in [0.29, 0.717) is 12.1 Å². The SMILES string of the molecule is Cc1cc(C)c(Cn2c(CNC(=O)c3ccncc3)nc3ccccc32)c(C)c1. The fourth-order valence-corrected chi connectivity index (χ4v) is 3.82. The number of carbonyl (C=O) groups excluding carboxylic acids is 1. The van der Waals surface area contributed by atoms with E-state index in [0.717, 1.165) is 23.4 Å². The third-order valence-electron chi connectivity index (χ3n) is 5.24. The predicted molar refractivity (Wildman–Crippen MR) is 115 cm³/mol. The average Bonchev–Trinajstić information content (AvgIpc) is 3.07. The van der Waals surface area contributed by atoms with Crippen LogP contribution in [0.5, 0.6) is 0 Å². The maximum Gasteiger partial charge on any atom is 0.251 e. The van der Waals surface area contributed by atoms with Gasteiger partial charge in [0.2, 0.25) is 0 Å². The summed E-state index contributed by atoms with van der Waals surface area (Å²) in [4.78, 5) is 21.2. The summed E-state index contributed by atoms with van der Waals surface area (Å²) in [7, 11) is 0. The van der Waals surface area contributed by atoms with Gasteiger partial charge in [-0.1, -0.05) is 29.8 Å². The van der Waals surface area contributed by atoms with Gasteiger partial charge in [-0.05, 0) is 61.7 Å². The maximum atomic E-state index is 12.5. The molecule has 2 heterocycles. The zero-order valence-electron chi connectivity index (χ0n) is 16.9. The summed E-state index contributed by atoms with van der Waals surface area (Å²) in [6.07, 6.45) is 3.24. The van der Waals surface area contributed by atoms with Crippen molar-refractivity contribution in [1.82, 2.24) is 19.9 Å². The Morgan fingerprint density at radius 1 is 1.00 bits per heavy atom. The van der Waals surface area contributed by atoms with Crippen LogP contribution in [0.1, 0.15) is 38.4 Å². The standard InChI is InChI=1S/C24H24N4O/c1-16-12-17(2)20(18(3)13-16)15-28-22-7-5-4-6-21(22)27-23(28)14-26-24(29)19-8-10-25-11-9-19/h4-13H,14-15H2,1-3H3,(H,26,29). The smallest absolute Gasteiger partial charge is 0.251 e. The molecule has 0 aliphatic heterocycles. The van der Waals surface area contributed by atoms with E-state index in [4.69, 9.17) is 4.98 Å². The van der Waals surface area contributed by atoms with Crippen molar-refractivity contribution in [3.05, 3.63) is 94.6 Å². The molecule has 2 aromatic carbocycles. The first-order valence-corrected chi connectivity index (χ1v) is 9.72. The van der Waals surface area contributed by atoms with Crippen LogP contribution < -0.4 is 5.32 Å². The summed E-state index contributed by atoms with van der Waals surface area (Å²) in [5.41, 5.74) is 7.69. The highest BCUT2D eigenvalue weighted by Crippen LogP contribution is 2.22. The molecule has 146 valence electrons. The molecule has 0 unspecified atom stereocenters. The Balaban J connectivity index is 1.67. The Morgan fingerprint density at radius 2 is 1.69 bits per heavy atom.